The van der Waals surface area contributed by atoms with Crippen molar-refractivity contribution < 1.29 is 41.0 Å². The number of nitrogens with zero attached hydrogens (tertiary/aromatic N) is 2. The Morgan fingerprint density at radius 1 is 1.02 bits per heavy atom. The molecule has 3 saturated heterocycles. The summed E-state index contributed by atoms with van der Waals surface area (Å²) in [5.74, 6) is -6.62. The minimum atomic E-state index is -4.54. The van der Waals surface area contributed by atoms with Crippen molar-refractivity contribution in [2.75, 3.05) is 26.2 Å². The van der Waals surface area contributed by atoms with Gasteiger partial charge in [-0.15, -0.1) is 0 Å². The number of amides is 2. The summed E-state index contributed by atoms with van der Waals surface area (Å²) < 4.78 is 83.0. The summed E-state index contributed by atoms with van der Waals surface area (Å²) in [4.78, 5) is 29.7. The Kier molecular flexibility index (Phi) is 8.40. The van der Waals surface area contributed by atoms with Gasteiger partial charge >= 0.3 is 12.4 Å². The number of alkyl halides is 6. The first-order valence-corrected chi connectivity index (χ1v) is 14.6. The Bertz CT molecular complexity index is 948. The van der Waals surface area contributed by atoms with Gasteiger partial charge in [-0.3, -0.25) is 20.4 Å². The molecule has 7 nitrogen and oxygen atoms in total. The lowest BCUT2D eigenvalue weighted by Gasteiger charge is -2.39. The average molecular weight is 583 g/mol. The van der Waals surface area contributed by atoms with E-state index in [0.717, 1.165) is 12.8 Å². The van der Waals surface area contributed by atoms with E-state index in [1.165, 1.54) is 4.90 Å². The molecule has 2 aliphatic carbocycles. The summed E-state index contributed by atoms with van der Waals surface area (Å²) in [5.41, 5.74) is 5.38. The number of rotatable bonds is 5. The van der Waals surface area contributed by atoms with Crippen LogP contribution in [0.5, 0.6) is 0 Å². The number of carbonyl (C=O) groups is 2. The van der Waals surface area contributed by atoms with Crippen LogP contribution in [-0.4, -0.2) is 83.4 Å². The van der Waals surface area contributed by atoms with Crippen LogP contribution in [0.4, 0.5) is 26.3 Å². The van der Waals surface area contributed by atoms with Gasteiger partial charge in [0.05, 0.1) is 17.9 Å². The highest BCUT2D eigenvalue weighted by Gasteiger charge is 2.59. The molecule has 3 heterocycles. The van der Waals surface area contributed by atoms with Crippen LogP contribution in [0.25, 0.3) is 0 Å². The highest BCUT2D eigenvalue weighted by molar-refractivity contribution is 5.85. The van der Waals surface area contributed by atoms with Gasteiger partial charge in [-0.05, 0) is 56.3 Å². The molecule has 5 rings (SSSR count). The molecule has 2 amide bonds. The largest absolute Gasteiger partial charge is 0.394 e. The van der Waals surface area contributed by atoms with E-state index >= 15 is 0 Å². The van der Waals surface area contributed by atoms with E-state index in [9.17, 15) is 41.0 Å². The molecule has 10 atom stereocenters. The fourth-order valence-corrected chi connectivity index (χ4v) is 8.22. The molecule has 0 aromatic carbocycles. The monoisotopic (exact) mass is 582 g/mol. The molecular formula is C27H40F6N4O3. The lowest BCUT2D eigenvalue weighted by Crippen LogP contribution is -2.46. The zero-order valence-electron chi connectivity index (χ0n) is 22.7. The molecule has 5 aliphatic rings. The standard InChI is InChI=1S/C27H40F6N4O3/c1-14(7-23-22(11-34-35-23)27(31,32)33)15-3-2-4-17(8-15)37-13-20-19(25(37)40)9-16(10-21(20)26(28,29)30)24(39)36-6-5-18(38)12-36/h14-23,34-35,38H,2-13H2,1H3/t14-,15?,16?,17?,18+,19?,20?,21?,22?,23?/m1/s1. The quantitative estimate of drug-likeness (QED) is 0.433. The van der Waals surface area contributed by atoms with Crippen molar-refractivity contribution in [3.63, 3.8) is 0 Å². The normalized spacial score (nSPS) is 40.0. The number of hydrogen-bond donors (Lipinski definition) is 3. The van der Waals surface area contributed by atoms with Gasteiger partial charge < -0.3 is 14.9 Å². The second-order valence-corrected chi connectivity index (χ2v) is 12.9. The smallest absolute Gasteiger partial charge is 0.391 e. The highest BCUT2D eigenvalue weighted by atomic mass is 19.4. The zero-order chi connectivity index (χ0) is 29.0. The summed E-state index contributed by atoms with van der Waals surface area (Å²) >= 11 is 0. The van der Waals surface area contributed by atoms with Gasteiger partial charge in [-0.1, -0.05) is 19.8 Å². The van der Waals surface area contributed by atoms with Crippen molar-refractivity contribution in [3.8, 4) is 0 Å². The summed E-state index contributed by atoms with van der Waals surface area (Å²) in [6.07, 6.45) is -6.27. The number of halogens is 6. The SMILES string of the molecule is C[C@H](CC1NNCC1C(F)(F)F)C1CCCC(N2CC3C(CC(C(=O)N4CC[C@H](O)C4)CC3C(F)(F)F)C2=O)C1. The molecule has 40 heavy (non-hydrogen) atoms. The summed E-state index contributed by atoms with van der Waals surface area (Å²) in [6.45, 7) is 2.17. The van der Waals surface area contributed by atoms with Crippen molar-refractivity contribution in [2.45, 2.75) is 88.8 Å². The predicted molar refractivity (Wildman–Crippen MR) is 132 cm³/mol. The number of hydrazine groups is 1. The third kappa shape index (κ3) is 5.97. The van der Waals surface area contributed by atoms with E-state index in [1.54, 1.807) is 4.90 Å². The molecule has 0 spiro atoms. The van der Waals surface area contributed by atoms with Crippen LogP contribution < -0.4 is 10.9 Å². The Morgan fingerprint density at radius 2 is 1.75 bits per heavy atom. The van der Waals surface area contributed by atoms with Gasteiger partial charge in [0.25, 0.3) is 0 Å². The molecule has 0 bridgehead atoms. The van der Waals surface area contributed by atoms with E-state index in [2.05, 4.69) is 10.9 Å². The summed E-state index contributed by atoms with van der Waals surface area (Å²) in [6, 6.07) is -0.991. The van der Waals surface area contributed by atoms with Gasteiger partial charge in [0.1, 0.15) is 0 Å². The highest BCUT2D eigenvalue weighted by Crippen LogP contribution is 2.51. The maximum Gasteiger partial charge on any atom is 0.394 e. The number of β-amino-alcohol motifs (C(OH)–C–C–N with tert-alkyl or cyclic N) is 1. The second-order valence-electron chi connectivity index (χ2n) is 12.9. The molecule has 13 heteroatoms. The van der Waals surface area contributed by atoms with Crippen molar-refractivity contribution in [1.82, 2.24) is 20.7 Å². The zero-order valence-corrected chi connectivity index (χ0v) is 22.7. The van der Waals surface area contributed by atoms with E-state index in [4.69, 9.17) is 0 Å². The fourth-order valence-electron chi connectivity index (χ4n) is 8.22. The molecule has 8 unspecified atom stereocenters. The molecule has 5 fully saturated rings. The van der Waals surface area contributed by atoms with Gasteiger partial charge in [0, 0.05) is 50.1 Å². The summed E-state index contributed by atoms with van der Waals surface area (Å²) in [5, 5.41) is 9.80. The molecule has 228 valence electrons. The van der Waals surface area contributed by atoms with Crippen molar-refractivity contribution in [1.29, 1.82) is 0 Å². The van der Waals surface area contributed by atoms with E-state index in [-0.39, 0.29) is 56.3 Å². The minimum Gasteiger partial charge on any atom is -0.391 e. The Labute approximate surface area is 230 Å². The number of likely N-dealkylation sites (tertiary alicyclic amines) is 2. The maximum absolute atomic E-state index is 14.2. The second kappa shape index (κ2) is 11.2. The van der Waals surface area contributed by atoms with Crippen molar-refractivity contribution in [2.24, 2.45) is 41.4 Å². The number of aliphatic hydroxyl groups is 1. The number of aliphatic hydroxyl groups excluding tert-OH is 1. The average Bonchev–Trinajstić information content (AvgIpc) is 3.61. The van der Waals surface area contributed by atoms with Crippen molar-refractivity contribution in [3.05, 3.63) is 0 Å². The van der Waals surface area contributed by atoms with Crippen LogP contribution in [-0.2, 0) is 9.59 Å². The van der Waals surface area contributed by atoms with Crippen LogP contribution in [0.2, 0.25) is 0 Å². The van der Waals surface area contributed by atoms with E-state index in [0.29, 0.717) is 32.2 Å². The molecule has 0 aromatic heterocycles. The first-order chi connectivity index (χ1) is 18.7. The third-order valence-corrected chi connectivity index (χ3v) is 10.4. The predicted octanol–water partition coefficient (Wildman–Crippen LogP) is 3.48. The first kappa shape index (κ1) is 29.9. The number of fused-ring (bicyclic) bond motifs is 1. The van der Waals surface area contributed by atoms with Crippen LogP contribution in [0.15, 0.2) is 0 Å². The topological polar surface area (TPSA) is 84.9 Å². The van der Waals surface area contributed by atoms with Crippen LogP contribution >= 0.6 is 0 Å². The van der Waals surface area contributed by atoms with Gasteiger partial charge in [0.15, 0.2) is 0 Å². The Morgan fingerprint density at radius 3 is 2.40 bits per heavy atom. The molecule has 3 aliphatic heterocycles. The third-order valence-electron chi connectivity index (χ3n) is 10.4. The van der Waals surface area contributed by atoms with Gasteiger partial charge in [-0.25, -0.2) is 0 Å². The van der Waals surface area contributed by atoms with Crippen LogP contribution in [0.3, 0.4) is 0 Å². The molecule has 3 N–H and O–H groups in total. The maximum atomic E-state index is 14.2. The molecule has 2 saturated carbocycles. The Hall–Kier alpha value is -1.60. The number of hydrogen-bond acceptors (Lipinski definition) is 5. The molecule has 0 radical (unpaired) electrons. The van der Waals surface area contributed by atoms with Crippen LogP contribution in [0.1, 0.15) is 58.3 Å². The number of nitrogens with one attached hydrogen (secondary N) is 2. The van der Waals surface area contributed by atoms with E-state index < -0.39 is 60.0 Å². The molecule has 0 aromatic rings. The summed E-state index contributed by atoms with van der Waals surface area (Å²) in [7, 11) is 0. The lowest BCUT2D eigenvalue weighted by atomic mass is 9.68. The molecular weight excluding hydrogens is 542 g/mol. The van der Waals surface area contributed by atoms with Crippen molar-refractivity contribution >= 4 is 11.8 Å². The van der Waals surface area contributed by atoms with Gasteiger partial charge in [-0.2, -0.15) is 26.3 Å². The van der Waals surface area contributed by atoms with E-state index in [1.807, 2.05) is 6.92 Å². The van der Waals surface area contributed by atoms with Gasteiger partial charge in [0.2, 0.25) is 11.8 Å². The number of carbonyl (C=O) groups excluding carboxylic acids is 2. The Balaban J connectivity index is 1.26. The first-order valence-electron chi connectivity index (χ1n) is 14.6. The van der Waals surface area contributed by atoms with Crippen LogP contribution in [0, 0.1) is 41.4 Å². The fraction of sp³-hybridized carbons (Fsp3) is 0.926. The lowest BCUT2D eigenvalue weighted by molar-refractivity contribution is -0.204. The minimum absolute atomic E-state index is 0.00698.